The van der Waals surface area contributed by atoms with Gasteiger partial charge in [-0.25, -0.2) is 0 Å². The van der Waals surface area contributed by atoms with Crippen LogP contribution in [0.25, 0.3) is 21.5 Å². The van der Waals surface area contributed by atoms with Crippen molar-refractivity contribution in [2.24, 2.45) is 0 Å². The summed E-state index contributed by atoms with van der Waals surface area (Å²) in [5, 5.41) is 4.37. The first-order valence-corrected chi connectivity index (χ1v) is 11.3. The quantitative estimate of drug-likeness (QED) is 0.138. The van der Waals surface area contributed by atoms with Crippen LogP contribution in [0.1, 0.15) is 54.9 Å². The number of hydrogen-bond donors (Lipinski definition) is 0. The van der Waals surface area contributed by atoms with Crippen molar-refractivity contribution in [3.63, 3.8) is 0 Å². The minimum Gasteiger partial charge on any atom is -0.155 e. The van der Waals surface area contributed by atoms with Crippen molar-refractivity contribution in [3.05, 3.63) is 58.7 Å². The zero-order chi connectivity index (χ0) is 24.4. The van der Waals surface area contributed by atoms with E-state index in [2.05, 4.69) is 31.2 Å². The first kappa shape index (κ1) is 25.3. The largest absolute Gasteiger partial charge is 0.467 e. The second-order valence-electron chi connectivity index (χ2n) is 8.70. The van der Waals surface area contributed by atoms with Crippen molar-refractivity contribution < 1.29 is 26.3 Å². The molecule has 0 aromatic heterocycles. The second kappa shape index (κ2) is 9.92. The second-order valence-corrected chi connectivity index (χ2v) is 8.70. The number of hydrogen-bond acceptors (Lipinski definition) is 1. The first-order valence-electron chi connectivity index (χ1n) is 11.3. The lowest BCUT2D eigenvalue weighted by Gasteiger charge is -2.26. The highest BCUT2D eigenvalue weighted by molar-refractivity contribution is 6.11. The third-order valence-electron chi connectivity index (χ3n) is 6.11. The molecule has 0 fully saturated rings. The summed E-state index contributed by atoms with van der Waals surface area (Å²) in [6.45, 7) is 5.03. The summed E-state index contributed by atoms with van der Waals surface area (Å²) in [7, 11) is 0. The predicted octanol–water partition coefficient (Wildman–Crippen LogP) is 8.62. The molecule has 0 bridgehead atoms. The molecule has 0 spiro atoms. The number of aryl methyl sites for hydroxylation is 4. The van der Waals surface area contributed by atoms with E-state index in [1.54, 1.807) is 0 Å². The normalized spacial score (nSPS) is 12.9. The van der Waals surface area contributed by atoms with Gasteiger partial charge in [-0.2, -0.15) is 26.3 Å². The van der Waals surface area contributed by atoms with Crippen LogP contribution in [0, 0.1) is 13.8 Å². The van der Waals surface area contributed by atoms with Crippen LogP contribution in [-0.2, 0) is 12.8 Å². The summed E-state index contributed by atoms with van der Waals surface area (Å²) in [4.78, 5) is -1.33. The molecule has 0 unspecified atom stereocenters. The Morgan fingerprint density at radius 3 is 1.73 bits per heavy atom. The lowest BCUT2D eigenvalue weighted by Crippen LogP contribution is -2.48. The Morgan fingerprint density at radius 1 is 0.636 bits per heavy atom. The molecule has 1 nitrogen and oxygen atoms in total. The fourth-order valence-corrected chi connectivity index (χ4v) is 4.51. The van der Waals surface area contributed by atoms with Crippen molar-refractivity contribution in [1.82, 2.24) is 4.90 Å². The molecule has 7 heteroatoms. The van der Waals surface area contributed by atoms with Crippen molar-refractivity contribution >= 4 is 21.5 Å². The van der Waals surface area contributed by atoms with Gasteiger partial charge in [0.2, 0.25) is 0 Å². The number of halogens is 6. The van der Waals surface area contributed by atoms with E-state index >= 15 is 0 Å². The Morgan fingerprint density at radius 2 is 1.15 bits per heavy atom. The van der Waals surface area contributed by atoms with Gasteiger partial charge in [0.05, 0.1) is 0 Å². The van der Waals surface area contributed by atoms with E-state index in [4.69, 9.17) is 0 Å². The highest BCUT2D eigenvalue weighted by atomic mass is 19.4. The smallest absolute Gasteiger partial charge is 0.155 e. The van der Waals surface area contributed by atoms with E-state index in [0.29, 0.717) is 6.42 Å². The molecule has 0 aliphatic carbocycles. The number of nitrogens with zero attached hydrogens (tertiary/aromatic N) is 1. The summed E-state index contributed by atoms with van der Waals surface area (Å²) < 4.78 is 77.0. The van der Waals surface area contributed by atoms with E-state index in [1.165, 1.54) is 0 Å². The molecule has 0 saturated carbocycles. The number of unbranched alkanes of at least 4 members (excludes halogenated alkanes) is 2. The lowest BCUT2D eigenvalue weighted by molar-refractivity contribution is -0.372. The van der Waals surface area contributed by atoms with Gasteiger partial charge < -0.3 is 0 Å². The maximum absolute atomic E-state index is 12.8. The Labute approximate surface area is 190 Å². The zero-order valence-electron chi connectivity index (χ0n) is 19.1. The van der Waals surface area contributed by atoms with Crippen LogP contribution in [0.5, 0.6) is 0 Å². The molecule has 0 aliphatic heterocycles. The zero-order valence-corrected chi connectivity index (χ0v) is 19.1. The van der Waals surface area contributed by atoms with Gasteiger partial charge in [0.15, 0.2) is 0 Å². The number of fused-ring (bicyclic) bond motifs is 3. The minimum atomic E-state index is -5.44. The van der Waals surface area contributed by atoms with Crippen LogP contribution >= 0.6 is 0 Å². The average molecular weight is 470 g/mol. The SMILES string of the molecule is CCCCc1c(CCCCN(C(F)(F)F)C(F)(F)F)c2ccc(C)cc2c2ccc(C)cc12. The average Bonchev–Trinajstić information content (AvgIpc) is 2.70. The third-order valence-corrected chi connectivity index (χ3v) is 6.11. The first-order chi connectivity index (χ1) is 15.4. The molecule has 0 heterocycles. The summed E-state index contributed by atoms with van der Waals surface area (Å²) in [5.74, 6) is 0. The molecular formula is C26H29F6N. The summed E-state index contributed by atoms with van der Waals surface area (Å²) >= 11 is 0. The predicted molar refractivity (Wildman–Crippen MR) is 121 cm³/mol. The summed E-state index contributed by atoms with van der Waals surface area (Å²) in [5.41, 5.74) is 4.42. The summed E-state index contributed by atoms with van der Waals surface area (Å²) in [6, 6.07) is 12.5. The lowest BCUT2D eigenvalue weighted by atomic mass is 9.86. The topological polar surface area (TPSA) is 3.24 Å². The molecule has 180 valence electrons. The highest BCUT2D eigenvalue weighted by Crippen LogP contribution is 2.37. The maximum Gasteiger partial charge on any atom is 0.467 e. The van der Waals surface area contributed by atoms with Crippen molar-refractivity contribution in [1.29, 1.82) is 0 Å². The Bertz CT molecular complexity index is 1100. The van der Waals surface area contributed by atoms with Gasteiger partial charge in [-0.1, -0.05) is 60.9 Å². The van der Waals surface area contributed by atoms with Gasteiger partial charge in [0.25, 0.3) is 0 Å². The molecule has 0 saturated heterocycles. The van der Waals surface area contributed by atoms with E-state index in [-0.39, 0.29) is 12.8 Å². The molecular weight excluding hydrogens is 440 g/mol. The van der Waals surface area contributed by atoms with Crippen LogP contribution < -0.4 is 0 Å². The van der Waals surface area contributed by atoms with Gasteiger partial charge in [0, 0.05) is 6.54 Å². The van der Waals surface area contributed by atoms with Crippen LogP contribution in [0.15, 0.2) is 36.4 Å². The van der Waals surface area contributed by atoms with Gasteiger partial charge in [-0.15, -0.1) is 4.90 Å². The standard InChI is InChI=1S/C26H29F6N/c1-4-5-8-20-19(9-6-7-14-33(25(27,28)29)26(30,31)32)21-12-10-17(2)16-24(21)22-13-11-18(3)15-23(20)22/h10-13,15-16H,4-9,14H2,1-3H3. The molecule has 3 aromatic rings. The van der Waals surface area contributed by atoms with Crippen LogP contribution in [0.2, 0.25) is 0 Å². The van der Waals surface area contributed by atoms with E-state index in [1.807, 2.05) is 26.0 Å². The Balaban J connectivity index is 2.00. The van der Waals surface area contributed by atoms with E-state index in [0.717, 1.165) is 63.1 Å². The minimum absolute atomic E-state index is 0.203. The molecule has 0 atom stereocenters. The molecule has 3 rings (SSSR count). The molecule has 0 aliphatic rings. The van der Waals surface area contributed by atoms with Crippen LogP contribution in [-0.4, -0.2) is 24.0 Å². The van der Waals surface area contributed by atoms with Crippen molar-refractivity contribution in [2.45, 2.75) is 71.9 Å². The van der Waals surface area contributed by atoms with Crippen LogP contribution in [0.4, 0.5) is 26.3 Å². The Hall–Kier alpha value is -2.28. The monoisotopic (exact) mass is 469 g/mol. The van der Waals surface area contributed by atoms with Gasteiger partial charge >= 0.3 is 12.6 Å². The highest BCUT2D eigenvalue weighted by Gasteiger charge is 2.53. The van der Waals surface area contributed by atoms with Gasteiger partial charge in [-0.3, -0.25) is 0 Å². The molecule has 33 heavy (non-hydrogen) atoms. The fraction of sp³-hybridized carbons (Fsp3) is 0.462. The fourth-order valence-electron chi connectivity index (χ4n) is 4.51. The van der Waals surface area contributed by atoms with Gasteiger partial charge in [-0.05, 0) is 78.6 Å². The maximum atomic E-state index is 12.8. The number of rotatable bonds is 8. The Kier molecular flexibility index (Phi) is 7.62. The summed E-state index contributed by atoms with van der Waals surface area (Å²) in [6.07, 6.45) is -7.62. The van der Waals surface area contributed by atoms with Crippen molar-refractivity contribution in [2.75, 3.05) is 6.54 Å². The van der Waals surface area contributed by atoms with Gasteiger partial charge in [0.1, 0.15) is 0 Å². The van der Waals surface area contributed by atoms with Crippen LogP contribution in [0.3, 0.4) is 0 Å². The third kappa shape index (κ3) is 5.81. The molecule has 0 N–H and O–H groups in total. The number of alkyl halides is 6. The molecule has 0 amide bonds. The van der Waals surface area contributed by atoms with E-state index < -0.39 is 24.0 Å². The van der Waals surface area contributed by atoms with Crippen molar-refractivity contribution in [3.8, 4) is 0 Å². The molecule has 3 aromatic carbocycles. The van der Waals surface area contributed by atoms with E-state index in [9.17, 15) is 26.3 Å². The molecule has 0 radical (unpaired) electrons. The number of benzene rings is 3.